The van der Waals surface area contributed by atoms with Crippen LogP contribution >= 0.6 is 0 Å². The Morgan fingerprint density at radius 2 is 2.00 bits per heavy atom. The molecule has 2 N–H and O–H groups in total. The second-order valence-electron chi connectivity index (χ2n) is 4.16. The van der Waals surface area contributed by atoms with E-state index in [1.165, 1.54) is 6.07 Å². The van der Waals surface area contributed by atoms with Gasteiger partial charge in [0.2, 0.25) is 5.91 Å². The number of hydrogen-bond donors (Lipinski definition) is 2. The highest BCUT2D eigenvalue weighted by Gasteiger charge is 2.15. The van der Waals surface area contributed by atoms with E-state index in [2.05, 4.69) is 10.6 Å². The summed E-state index contributed by atoms with van der Waals surface area (Å²) < 4.78 is 13.3. The third-order valence-corrected chi connectivity index (χ3v) is 2.64. The van der Waals surface area contributed by atoms with E-state index < -0.39 is 6.04 Å². The maximum Gasteiger partial charge on any atom is 0.242 e. The first-order chi connectivity index (χ1) is 8.04. The highest BCUT2D eigenvalue weighted by atomic mass is 19.1. The fourth-order valence-corrected chi connectivity index (χ4v) is 1.35. The number of benzene rings is 1. The van der Waals surface area contributed by atoms with Gasteiger partial charge < -0.3 is 10.6 Å². The third-order valence-electron chi connectivity index (χ3n) is 2.64. The predicted octanol–water partition coefficient (Wildman–Crippen LogP) is 2.54. The summed E-state index contributed by atoms with van der Waals surface area (Å²) in [6, 6.07) is 5.99. The van der Waals surface area contributed by atoms with Crippen molar-refractivity contribution >= 4 is 11.6 Å². The van der Waals surface area contributed by atoms with Crippen molar-refractivity contribution < 1.29 is 9.18 Å². The van der Waals surface area contributed by atoms with Crippen LogP contribution in [0.3, 0.4) is 0 Å². The Morgan fingerprint density at radius 3 is 2.59 bits per heavy atom. The van der Waals surface area contributed by atoms with Crippen LogP contribution in [-0.4, -0.2) is 18.0 Å². The number of carbonyl (C=O) groups is 1. The molecule has 0 aliphatic rings. The SMILES string of the molecule is CCC(C)NC(=O)C(C)Nc1ccccc1F. The van der Waals surface area contributed by atoms with E-state index in [1.807, 2.05) is 13.8 Å². The number of para-hydroxylation sites is 1. The Kier molecular flexibility index (Phi) is 4.94. The molecule has 2 atom stereocenters. The summed E-state index contributed by atoms with van der Waals surface area (Å²) in [6.45, 7) is 5.65. The van der Waals surface area contributed by atoms with E-state index >= 15 is 0 Å². The van der Waals surface area contributed by atoms with Crippen molar-refractivity contribution in [3.63, 3.8) is 0 Å². The van der Waals surface area contributed by atoms with Crippen molar-refractivity contribution in [3.05, 3.63) is 30.1 Å². The first-order valence-electron chi connectivity index (χ1n) is 5.86. The molecule has 94 valence electrons. The van der Waals surface area contributed by atoms with Crippen molar-refractivity contribution in [1.82, 2.24) is 5.32 Å². The summed E-state index contributed by atoms with van der Waals surface area (Å²) in [5.74, 6) is -0.474. The molecule has 0 bridgehead atoms. The fraction of sp³-hybridized carbons (Fsp3) is 0.462. The summed E-state index contributed by atoms with van der Waals surface area (Å²) in [7, 11) is 0. The van der Waals surface area contributed by atoms with Crippen LogP contribution in [0.1, 0.15) is 27.2 Å². The quantitative estimate of drug-likeness (QED) is 0.827. The van der Waals surface area contributed by atoms with E-state index in [0.717, 1.165) is 6.42 Å². The molecule has 1 rings (SSSR count). The van der Waals surface area contributed by atoms with Gasteiger partial charge in [-0.1, -0.05) is 19.1 Å². The minimum absolute atomic E-state index is 0.123. The lowest BCUT2D eigenvalue weighted by molar-refractivity contribution is -0.122. The molecule has 0 aliphatic heterocycles. The smallest absolute Gasteiger partial charge is 0.242 e. The molecule has 0 spiro atoms. The van der Waals surface area contributed by atoms with Gasteiger partial charge in [-0.05, 0) is 32.4 Å². The van der Waals surface area contributed by atoms with Crippen LogP contribution in [0.15, 0.2) is 24.3 Å². The molecule has 0 aromatic heterocycles. The zero-order chi connectivity index (χ0) is 12.8. The molecular weight excluding hydrogens is 219 g/mol. The molecule has 17 heavy (non-hydrogen) atoms. The average molecular weight is 238 g/mol. The molecule has 3 nitrogen and oxygen atoms in total. The van der Waals surface area contributed by atoms with Crippen LogP contribution in [0.5, 0.6) is 0 Å². The van der Waals surface area contributed by atoms with Crippen LogP contribution in [0, 0.1) is 5.82 Å². The van der Waals surface area contributed by atoms with E-state index in [-0.39, 0.29) is 17.8 Å². The van der Waals surface area contributed by atoms with Gasteiger partial charge in [0.1, 0.15) is 11.9 Å². The van der Waals surface area contributed by atoms with E-state index in [1.54, 1.807) is 25.1 Å². The second-order valence-corrected chi connectivity index (χ2v) is 4.16. The molecule has 2 unspecified atom stereocenters. The van der Waals surface area contributed by atoms with Gasteiger partial charge in [0.25, 0.3) is 0 Å². The summed E-state index contributed by atoms with van der Waals surface area (Å²) in [5, 5.41) is 5.70. The summed E-state index contributed by atoms with van der Waals surface area (Å²) >= 11 is 0. The largest absolute Gasteiger partial charge is 0.372 e. The zero-order valence-corrected chi connectivity index (χ0v) is 10.5. The minimum Gasteiger partial charge on any atom is -0.372 e. The maximum absolute atomic E-state index is 13.3. The molecule has 0 saturated heterocycles. The Morgan fingerprint density at radius 1 is 1.35 bits per heavy atom. The van der Waals surface area contributed by atoms with Gasteiger partial charge in [-0.25, -0.2) is 4.39 Å². The second kappa shape index (κ2) is 6.23. The van der Waals surface area contributed by atoms with Crippen LogP contribution < -0.4 is 10.6 Å². The number of rotatable bonds is 5. The van der Waals surface area contributed by atoms with E-state index in [4.69, 9.17) is 0 Å². The topological polar surface area (TPSA) is 41.1 Å². The molecule has 4 heteroatoms. The fourth-order valence-electron chi connectivity index (χ4n) is 1.35. The summed E-state index contributed by atoms with van der Waals surface area (Å²) in [4.78, 5) is 11.7. The standard InChI is InChI=1S/C13H19FN2O/c1-4-9(2)15-13(17)10(3)16-12-8-6-5-7-11(12)14/h5-10,16H,4H2,1-3H3,(H,15,17). The lowest BCUT2D eigenvalue weighted by Crippen LogP contribution is -2.42. The number of amides is 1. The normalized spacial score (nSPS) is 13.9. The van der Waals surface area contributed by atoms with Gasteiger partial charge in [0.05, 0.1) is 5.69 Å². The molecule has 0 fully saturated rings. The van der Waals surface area contributed by atoms with Gasteiger partial charge in [-0.3, -0.25) is 4.79 Å². The van der Waals surface area contributed by atoms with Crippen LogP contribution in [-0.2, 0) is 4.79 Å². The van der Waals surface area contributed by atoms with Crippen molar-refractivity contribution in [1.29, 1.82) is 0 Å². The van der Waals surface area contributed by atoms with Gasteiger partial charge >= 0.3 is 0 Å². The maximum atomic E-state index is 13.3. The Bertz CT molecular complexity index is 381. The Labute approximate surface area is 101 Å². The number of hydrogen-bond acceptors (Lipinski definition) is 2. The number of carbonyl (C=O) groups excluding carboxylic acids is 1. The molecule has 1 aromatic carbocycles. The molecule has 0 heterocycles. The molecule has 0 aliphatic carbocycles. The highest BCUT2D eigenvalue weighted by Crippen LogP contribution is 2.13. The minimum atomic E-state index is -0.458. The molecule has 1 aromatic rings. The van der Waals surface area contributed by atoms with Gasteiger partial charge in [0.15, 0.2) is 0 Å². The van der Waals surface area contributed by atoms with Crippen molar-refractivity contribution in [2.75, 3.05) is 5.32 Å². The lowest BCUT2D eigenvalue weighted by atomic mass is 10.2. The van der Waals surface area contributed by atoms with Crippen molar-refractivity contribution in [3.8, 4) is 0 Å². The Hall–Kier alpha value is -1.58. The lowest BCUT2D eigenvalue weighted by Gasteiger charge is -2.18. The van der Waals surface area contributed by atoms with Gasteiger partial charge in [-0.15, -0.1) is 0 Å². The zero-order valence-electron chi connectivity index (χ0n) is 10.5. The first kappa shape index (κ1) is 13.5. The Balaban J connectivity index is 2.57. The predicted molar refractivity (Wildman–Crippen MR) is 67.4 cm³/mol. The number of halogens is 1. The van der Waals surface area contributed by atoms with Crippen molar-refractivity contribution in [2.45, 2.75) is 39.3 Å². The van der Waals surface area contributed by atoms with Gasteiger partial charge in [-0.2, -0.15) is 0 Å². The average Bonchev–Trinajstić information content (AvgIpc) is 2.31. The first-order valence-corrected chi connectivity index (χ1v) is 5.86. The van der Waals surface area contributed by atoms with Crippen molar-refractivity contribution in [2.24, 2.45) is 0 Å². The monoisotopic (exact) mass is 238 g/mol. The summed E-state index contributed by atoms with van der Waals surface area (Å²) in [6.07, 6.45) is 0.873. The van der Waals surface area contributed by atoms with Gasteiger partial charge in [0, 0.05) is 6.04 Å². The van der Waals surface area contributed by atoms with E-state index in [0.29, 0.717) is 5.69 Å². The number of anilines is 1. The number of nitrogens with one attached hydrogen (secondary N) is 2. The highest BCUT2D eigenvalue weighted by molar-refractivity contribution is 5.84. The summed E-state index contributed by atoms with van der Waals surface area (Å²) in [5.41, 5.74) is 0.347. The van der Waals surface area contributed by atoms with Crippen LogP contribution in [0.2, 0.25) is 0 Å². The third kappa shape index (κ3) is 4.06. The van der Waals surface area contributed by atoms with Crippen LogP contribution in [0.25, 0.3) is 0 Å². The molecular formula is C13H19FN2O. The molecule has 1 amide bonds. The van der Waals surface area contributed by atoms with Crippen LogP contribution in [0.4, 0.5) is 10.1 Å². The molecule has 0 saturated carbocycles. The molecule has 0 radical (unpaired) electrons. The van der Waals surface area contributed by atoms with E-state index in [9.17, 15) is 9.18 Å².